The highest BCUT2D eigenvalue weighted by molar-refractivity contribution is 7.98. The molecule has 0 aromatic carbocycles. The van der Waals surface area contributed by atoms with Crippen molar-refractivity contribution in [2.75, 3.05) is 18.6 Å². The smallest absolute Gasteiger partial charge is 0.131 e. The molecule has 0 radical (unpaired) electrons. The topological polar surface area (TPSA) is 29.9 Å². The summed E-state index contributed by atoms with van der Waals surface area (Å²) in [6, 6.07) is 0. The molecule has 1 atom stereocenters. The second kappa shape index (κ2) is 6.52. The molecule has 0 bridgehead atoms. The van der Waals surface area contributed by atoms with E-state index < -0.39 is 0 Å². The van der Waals surface area contributed by atoms with Gasteiger partial charge in [-0.15, -0.1) is 0 Å². The molecule has 5 heteroatoms. The van der Waals surface area contributed by atoms with Crippen molar-refractivity contribution in [1.29, 1.82) is 0 Å². The number of hydrogen-bond donors (Lipinski definition) is 1. The van der Waals surface area contributed by atoms with Crippen LogP contribution in [0.3, 0.4) is 0 Å². The standard InChI is InChI=1S/C11H20ClN3S/c1-8(7-16-4)5-13-6-10-9(2)14-15(3)11(10)12/h8,13H,5-7H2,1-4H3. The Bertz CT molecular complexity index is 338. The van der Waals surface area contributed by atoms with E-state index in [2.05, 4.69) is 23.6 Å². The van der Waals surface area contributed by atoms with Crippen LogP contribution in [0.5, 0.6) is 0 Å². The van der Waals surface area contributed by atoms with Gasteiger partial charge in [-0.1, -0.05) is 18.5 Å². The van der Waals surface area contributed by atoms with Gasteiger partial charge in [-0.3, -0.25) is 4.68 Å². The van der Waals surface area contributed by atoms with Crippen LogP contribution in [-0.4, -0.2) is 28.3 Å². The third-order valence-electron chi connectivity index (χ3n) is 2.52. The molecule has 1 aromatic rings. The maximum absolute atomic E-state index is 6.15. The van der Waals surface area contributed by atoms with Gasteiger partial charge in [0.1, 0.15) is 5.15 Å². The summed E-state index contributed by atoms with van der Waals surface area (Å²) < 4.78 is 1.72. The first-order valence-corrected chi connectivity index (χ1v) is 7.21. The van der Waals surface area contributed by atoms with E-state index in [0.29, 0.717) is 5.92 Å². The monoisotopic (exact) mass is 261 g/mol. The van der Waals surface area contributed by atoms with Gasteiger partial charge in [0.15, 0.2) is 0 Å². The van der Waals surface area contributed by atoms with Gasteiger partial charge in [0, 0.05) is 19.2 Å². The van der Waals surface area contributed by atoms with Crippen LogP contribution in [0.15, 0.2) is 0 Å². The van der Waals surface area contributed by atoms with Crippen LogP contribution in [0.1, 0.15) is 18.2 Å². The first-order valence-electron chi connectivity index (χ1n) is 5.43. The molecule has 0 amide bonds. The van der Waals surface area contributed by atoms with Crippen molar-refractivity contribution in [1.82, 2.24) is 15.1 Å². The Balaban J connectivity index is 2.43. The number of hydrogen-bond acceptors (Lipinski definition) is 3. The summed E-state index contributed by atoms with van der Waals surface area (Å²) in [7, 11) is 1.87. The van der Waals surface area contributed by atoms with E-state index in [4.69, 9.17) is 11.6 Å². The molecule has 1 aromatic heterocycles. The van der Waals surface area contributed by atoms with Crippen LogP contribution < -0.4 is 5.32 Å². The molecule has 0 saturated heterocycles. The van der Waals surface area contributed by atoms with E-state index in [9.17, 15) is 0 Å². The van der Waals surface area contributed by atoms with Gasteiger partial charge in [-0.25, -0.2) is 0 Å². The molecule has 1 rings (SSSR count). The van der Waals surface area contributed by atoms with E-state index in [1.165, 1.54) is 5.75 Å². The number of halogens is 1. The zero-order chi connectivity index (χ0) is 12.1. The van der Waals surface area contributed by atoms with Crippen LogP contribution in [0.25, 0.3) is 0 Å². The first kappa shape index (κ1) is 13.9. The maximum Gasteiger partial charge on any atom is 0.131 e. The molecule has 0 saturated carbocycles. The Kier molecular flexibility index (Phi) is 5.66. The minimum Gasteiger partial charge on any atom is -0.312 e. The lowest BCUT2D eigenvalue weighted by Crippen LogP contribution is -2.22. The molecule has 1 unspecified atom stereocenters. The highest BCUT2D eigenvalue weighted by atomic mass is 35.5. The second-order valence-corrected chi connectivity index (χ2v) is 5.44. The number of rotatable bonds is 6. The quantitative estimate of drug-likeness (QED) is 0.853. The molecule has 0 aliphatic rings. The molecule has 0 fully saturated rings. The largest absolute Gasteiger partial charge is 0.312 e. The first-order chi connectivity index (χ1) is 7.56. The second-order valence-electron chi connectivity index (χ2n) is 4.17. The normalized spacial score (nSPS) is 13.1. The van der Waals surface area contributed by atoms with Gasteiger partial charge < -0.3 is 5.32 Å². The minimum atomic E-state index is 0.686. The Morgan fingerprint density at radius 3 is 2.75 bits per heavy atom. The van der Waals surface area contributed by atoms with Gasteiger partial charge in [0.05, 0.1) is 5.69 Å². The molecule has 92 valence electrons. The zero-order valence-corrected chi connectivity index (χ0v) is 12.0. The summed E-state index contributed by atoms with van der Waals surface area (Å²) in [6.07, 6.45) is 2.14. The van der Waals surface area contributed by atoms with Gasteiger partial charge >= 0.3 is 0 Å². The zero-order valence-electron chi connectivity index (χ0n) is 10.4. The van der Waals surface area contributed by atoms with Crippen LogP contribution >= 0.6 is 23.4 Å². The Morgan fingerprint density at radius 1 is 1.56 bits per heavy atom. The van der Waals surface area contributed by atoms with Crippen molar-refractivity contribution in [3.63, 3.8) is 0 Å². The fraction of sp³-hybridized carbons (Fsp3) is 0.727. The third-order valence-corrected chi connectivity index (χ3v) is 3.89. The predicted molar refractivity (Wildman–Crippen MR) is 72.2 cm³/mol. The van der Waals surface area contributed by atoms with Crippen LogP contribution in [0.4, 0.5) is 0 Å². The molecule has 1 N–H and O–H groups in total. The van der Waals surface area contributed by atoms with E-state index >= 15 is 0 Å². The maximum atomic E-state index is 6.15. The Labute approximate surface area is 107 Å². The lowest BCUT2D eigenvalue weighted by atomic mass is 10.2. The number of thioether (sulfide) groups is 1. The fourth-order valence-corrected chi connectivity index (χ4v) is 2.59. The van der Waals surface area contributed by atoms with E-state index in [0.717, 1.165) is 29.5 Å². The molecule has 0 aliphatic carbocycles. The lowest BCUT2D eigenvalue weighted by Gasteiger charge is -2.10. The average molecular weight is 262 g/mol. The van der Waals surface area contributed by atoms with Crippen molar-refractivity contribution in [2.24, 2.45) is 13.0 Å². The number of aromatic nitrogens is 2. The molecule has 1 heterocycles. The summed E-state index contributed by atoms with van der Waals surface area (Å²) in [4.78, 5) is 0. The number of aryl methyl sites for hydroxylation is 2. The lowest BCUT2D eigenvalue weighted by molar-refractivity contribution is 0.558. The third kappa shape index (κ3) is 3.68. The summed E-state index contributed by atoms with van der Waals surface area (Å²) in [5, 5.41) is 8.45. The predicted octanol–water partition coefficient (Wildman–Crippen LogP) is 2.47. The van der Waals surface area contributed by atoms with Crippen molar-refractivity contribution >= 4 is 23.4 Å². The summed E-state index contributed by atoms with van der Waals surface area (Å²) in [5.41, 5.74) is 2.12. The van der Waals surface area contributed by atoms with E-state index in [-0.39, 0.29) is 0 Å². The molecule has 16 heavy (non-hydrogen) atoms. The highest BCUT2D eigenvalue weighted by Crippen LogP contribution is 2.18. The summed E-state index contributed by atoms with van der Waals surface area (Å²) in [6.45, 7) is 6.07. The molecule has 0 aliphatic heterocycles. The van der Waals surface area contributed by atoms with E-state index in [1.54, 1.807) is 4.68 Å². The summed E-state index contributed by atoms with van der Waals surface area (Å²) in [5.74, 6) is 1.87. The van der Waals surface area contributed by atoms with Gasteiger partial charge in [0.2, 0.25) is 0 Å². The van der Waals surface area contributed by atoms with E-state index in [1.807, 2.05) is 25.7 Å². The highest BCUT2D eigenvalue weighted by Gasteiger charge is 2.10. The molecule has 3 nitrogen and oxygen atoms in total. The molecular formula is C11H20ClN3S. The van der Waals surface area contributed by atoms with Crippen LogP contribution in [-0.2, 0) is 13.6 Å². The van der Waals surface area contributed by atoms with Gasteiger partial charge in [0.25, 0.3) is 0 Å². The Morgan fingerprint density at radius 2 is 2.25 bits per heavy atom. The number of nitrogens with one attached hydrogen (secondary N) is 1. The van der Waals surface area contributed by atoms with Crippen molar-refractivity contribution in [3.05, 3.63) is 16.4 Å². The fourth-order valence-electron chi connectivity index (χ4n) is 1.66. The van der Waals surface area contributed by atoms with Crippen LogP contribution in [0.2, 0.25) is 5.15 Å². The van der Waals surface area contributed by atoms with Gasteiger partial charge in [-0.05, 0) is 31.4 Å². The van der Waals surface area contributed by atoms with Gasteiger partial charge in [-0.2, -0.15) is 16.9 Å². The molecular weight excluding hydrogens is 242 g/mol. The SMILES string of the molecule is CSCC(C)CNCc1c(C)nn(C)c1Cl. The van der Waals surface area contributed by atoms with Crippen molar-refractivity contribution in [3.8, 4) is 0 Å². The Hall–Kier alpha value is -0.190. The minimum absolute atomic E-state index is 0.686. The van der Waals surface area contributed by atoms with Crippen LogP contribution in [0, 0.1) is 12.8 Å². The number of nitrogens with zero attached hydrogens (tertiary/aromatic N) is 2. The average Bonchev–Trinajstić information content (AvgIpc) is 2.45. The molecule has 0 spiro atoms. The van der Waals surface area contributed by atoms with Crippen molar-refractivity contribution < 1.29 is 0 Å². The van der Waals surface area contributed by atoms with Crippen molar-refractivity contribution in [2.45, 2.75) is 20.4 Å². The summed E-state index contributed by atoms with van der Waals surface area (Å²) >= 11 is 8.03.